The van der Waals surface area contributed by atoms with Crippen LogP contribution in [0.4, 0.5) is 9.52 Å². The Balaban J connectivity index is 1.74. The second-order valence-corrected chi connectivity index (χ2v) is 10.2. The third-order valence-electron chi connectivity index (χ3n) is 6.52. The molecule has 1 amide bonds. The summed E-state index contributed by atoms with van der Waals surface area (Å²) in [7, 11) is 3.09. The average molecular weight is 533 g/mol. The Morgan fingerprint density at radius 3 is 2.55 bits per heavy atom. The maximum Gasteiger partial charge on any atom is 0.301 e. The smallest absolute Gasteiger partial charge is 0.301 e. The first-order valence-corrected chi connectivity index (χ1v) is 12.7. The molecule has 5 rings (SSSR count). The second kappa shape index (κ2) is 9.90. The molecule has 0 saturated carbocycles. The largest absolute Gasteiger partial charge is 0.507 e. The fourth-order valence-electron chi connectivity index (χ4n) is 4.63. The number of rotatable bonds is 6. The standard InChI is InChI=1S/C29H25FN2O5S/c1-15(2)20-13-17(8-11-22(20)37-4)26(33)24-25(16-6-5-7-19(12-16)36-3)32(28(35)27(24)34)29-31-21-10-9-18(30)14-23(21)38-29/h5-15,25,33H,1-4H3/b26-24+. The van der Waals surface area contributed by atoms with Crippen LogP contribution in [-0.2, 0) is 9.59 Å². The fourth-order valence-corrected chi connectivity index (χ4v) is 5.65. The number of Topliss-reactive ketones (excluding diaryl/α,β-unsaturated/α-hetero) is 1. The van der Waals surface area contributed by atoms with Crippen LogP contribution in [0.2, 0.25) is 0 Å². The lowest BCUT2D eigenvalue weighted by Gasteiger charge is -2.23. The molecule has 1 aliphatic rings. The lowest BCUT2D eigenvalue weighted by atomic mass is 9.93. The van der Waals surface area contributed by atoms with Gasteiger partial charge in [-0.2, -0.15) is 0 Å². The van der Waals surface area contributed by atoms with Crippen LogP contribution in [0.25, 0.3) is 16.0 Å². The molecular formula is C29H25FN2O5S. The van der Waals surface area contributed by atoms with E-state index >= 15 is 0 Å². The Morgan fingerprint density at radius 2 is 1.84 bits per heavy atom. The molecule has 1 aliphatic heterocycles. The first kappa shape index (κ1) is 25.4. The van der Waals surface area contributed by atoms with E-state index in [0.29, 0.717) is 32.8 Å². The highest BCUT2D eigenvalue weighted by Gasteiger charge is 2.48. The predicted octanol–water partition coefficient (Wildman–Crippen LogP) is 6.20. The number of halogens is 1. The van der Waals surface area contributed by atoms with Crippen molar-refractivity contribution in [3.05, 3.63) is 88.7 Å². The quantitative estimate of drug-likeness (QED) is 0.181. The number of thiazole rings is 1. The molecular weight excluding hydrogens is 507 g/mol. The molecule has 2 heterocycles. The van der Waals surface area contributed by atoms with Gasteiger partial charge in [0.15, 0.2) is 5.13 Å². The number of hydrogen-bond acceptors (Lipinski definition) is 7. The number of anilines is 1. The molecule has 0 bridgehead atoms. The van der Waals surface area contributed by atoms with Crippen molar-refractivity contribution in [1.82, 2.24) is 4.98 Å². The van der Waals surface area contributed by atoms with Crippen LogP contribution in [0, 0.1) is 5.82 Å². The van der Waals surface area contributed by atoms with Crippen LogP contribution in [0.15, 0.2) is 66.2 Å². The number of nitrogens with zero attached hydrogens (tertiary/aromatic N) is 2. The molecule has 1 saturated heterocycles. The molecule has 3 aromatic carbocycles. The molecule has 7 nitrogen and oxygen atoms in total. The van der Waals surface area contributed by atoms with E-state index in [1.165, 1.54) is 30.2 Å². The maximum absolute atomic E-state index is 13.9. The van der Waals surface area contributed by atoms with Gasteiger partial charge in [0.25, 0.3) is 5.78 Å². The number of carbonyl (C=O) groups excluding carboxylic acids is 2. The van der Waals surface area contributed by atoms with Crippen molar-refractivity contribution in [2.75, 3.05) is 19.1 Å². The summed E-state index contributed by atoms with van der Waals surface area (Å²) in [6.45, 7) is 3.99. The summed E-state index contributed by atoms with van der Waals surface area (Å²) in [4.78, 5) is 32.8. The van der Waals surface area contributed by atoms with Crippen molar-refractivity contribution in [2.45, 2.75) is 25.8 Å². The summed E-state index contributed by atoms with van der Waals surface area (Å²) >= 11 is 1.09. The Bertz CT molecular complexity index is 1610. The third-order valence-corrected chi connectivity index (χ3v) is 7.54. The number of aromatic nitrogens is 1. The first-order chi connectivity index (χ1) is 18.2. The van der Waals surface area contributed by atoms with E-state index in [1.807, 2.05) is 13.8 Å². The van der Waals surface area contributed by atoms with Crippen molar-refractivity contribution in [3.8, 4) is 11.5 Å². The van der Waals surface area contributed by atoms with Crippen molar-refractivity contribution in [3.63, 3.8) is 0 Å². The number of amides is 1. The minimum atomic E-state index is -0.986. The van der Waals surface area contributed by atoms with E-state index in [-0.39, 0.29) is 22.4 Å². The molecule has 4 aromatic rings. The molecule has 0 radical (unpaired) electrons. The number of ether oxygens (including phenoxy) is 2. The molecule has 9 heteroatoms. The van der Waals surface area contributed by atoms with Crippen molar-refractivity contribution < 1.29 is 28.6 Å². The highest BCUT2D eigenvalue weighted by molar-refractivity contribution is 7.22. The van der Waals surface area contributed by atoms with Crippen LogP contribution in [0.3, 0.4) is 0 Å². The lowest BCUT2D eigenvalue weighted by Crippen LogP contribution is -2.29. The molecule has 1 unspecified atom stereocenters. The Morgan fingerprint density at radius 1 is 1.05 bits per heavy atom. The number of aliphatic hydroxyl groups excluding tert-OH is 1. The number of benzene rings is 3. The van der Waals surface area contributed by atoms with Gasteiger partial charge < -0.3 is 14.6 Å². The Kier molecular flexibility index (Phi) is 6.62. The van der Waals surface area contributed by atoms with Crippen LogP contribution in [0.5, 0.6) is 11.5 Å². The van der Waals surface area contributed by atoms with E-state index in [0.717, 1.165) is 16.9 Å². The molecule has 0 aliphatic carbocycles. The summed E-state index contributed by atoms with van der Waals surface area (Å²) < 4.78 is 25.2. The van der Waals surface area contributed by atoms with Gasteiger partial charge >= 0.3 is 5.91 Å². The fraction of sp³-hybridized carbons (Fsp3) is 0.207. The highest BCUT2D eigenvalue weighted by Crippen LogP contribution is 2.45. The lowest BCUT2D eigenvalue weighted by molar-refractivity contribution is -0.132. The third kappa shape index (κ3) is 4.28. The van der Waals surface area contributed by atoms with Gasteiger partial charge in [0.05, 0.1) is 36.1 Å². The monoisotopic (exact) mass is 532 g/mol. The van der Waals surface area contributed by atoms with E-state index in [9.17, 15) is 19.1 Å². The zero-order chi connectivity index (χ0) is 27.1. The number of hydrogen-bond donors (Lipinski definition) is 1. The van der Waals surface area contributed by atoms with E-state index in [2.05, 4.69) is 4.98 Å². The summed E-state index contributed by atoms with van der Waals surface area (Å²) in [6.07, 6.45) is 0. The van der Waals surface area contributed by atoms with Gasteiger partial charge in [-0.1, -0.05) is 37.3 Å². The van der Waals surface area contributed by atoms with Gasteiger partial charge in [-0.05, 0) is 65.6 Å². The Hall–Kier alpha value is -4.24. The molecule has 0 spiro atoms. The van der Waals surface area contributed by atoms with Crippen LogP contribution in [0.1, 0.15) is 42.5 Å². The zero-order valence-electron chi connectivity index (χ0n) is 21.2. The van der Waals surface area contributed by atoms with Crippen LogP contribution in [-0.4, -0.2) is 36.0 Å². The Labute approximate surface area is 222 Å². The minimum Gasteiger partial charge on any atom is -0.507 e. The van der Waals surface area contributed by atoms with Gasteiger partial charge in [-0.3, -0.25) is 14.5 Å². The first-order valence-electron chi connectivity index (χ1n) is 11.9. The SMILES string of the molecule is COc1cccc(C2/C(=C(\O)c3ccc(OC)c(C(C)C)c3)C(=O)C(=O)N2c2nc3ccc(F)cc3s2)c1. The van der Waals surface area contributed by atoms with Crippen molar-refractivity contribution in [1.29, 1.82) is 0 Å². The van der Waals surface area contributed by atoms with Gasteiger partial charge in [0.2, 0.25) is 0 Å². The molecule has 38 heavy (non-hydrogen) atoms. The van der Waals surface area contributed by atoms with Crippen molar-refractivity contribution >= 4 is 44.1 Å². The van der Waals surface area contributed by atoms with Crippen LogP contribution < -0.4 is 14.4 Å². The summed E-state index contributed by atoms with van der Waals surface area (Å²) in [5.41, 5.74) is 2.19. The molecule has 1 aromatic heterocycles. The maximum atomic E-state index is 13.9. The minimum absolute atomic E-state index is 0.0754. The molecule has 194 valence electrons. The predicted molar refractivity (Wildman–Crippen MR) is 144 cm³/mol. The summed E-state index contributed by atoms with van der Waals surface area (Å²) in [6, 6.07) is 15.2. The number of ketones is 1. The highest BCUT2D eigenvalue weighted by atomic mass is 32.1. The summed E-state index contributed by atoms with van der Waals surface area (Å²) in [5.74, 6) is -1.17. The van der Waals surface area contributed by atoms with E-state index in [1.54, 1.807) is 49.6 Å². The van der Waals surface area contributed by atoms with E-state index in [4.69, 9.17) is 9.47 Å². The number of aliphatic hydroxyl groups is 1. The van der Waals surface area contributed by atoms with E-state index < -0.39 is 23.5 Å². The number of methoxy groups -OCH3 is 2. The normalized spacial score (nSPS) is 17.0. The topological polar surface area (TPSA) is 89.0 Å². The second-order valence-electron chi connectivity index (χ2n) is 9.17. The van der Waals surface area contributed by atoms with Gasteiger partial charge in [-0.25, -0.2) is 9.37 Å². The number of carbonyl (C=O) groups is 2. The average Bonchev–Trinajstić information content (AvgIpc) is 3.45. The molecule has 1 atom stereocenters. The summed E-state index contributed by atoms with van der Waals surface area (Å²) in [5, 5.41) is 11.7. The van der Waals surface area contributed by atoms with Gasteiger partial charge in [0, 0.05) is 5.56 Å². The van der Waals surface area contributed by atoms with Gasteiger partial charge in [-0.15, -0.1) is 0 Å². The van der Waals surface area contributed by atoms with Crippen LogP contribution >= 0.6 is 11.3 Å². The molecule has 1 N–H and O–H groups in total. The zero-order valence-corrected chi connectivity index (χ0v) is 22.0. The van der Waals surface area contributed by atoms with Crippen molar-refractivity contribution in [2.24, 2.45) is 0 Å². The molecule has 1 fully saturated rings. The number of fused-ring (bicyclic) bond motifs is 1. The van der Waals surface area contributed by atoms with Gasteiger partial charge in [0.1, 0.15) is 23.1 Å².